The van der Waals surface area contributed by atoms with Gasteiger partial charge in [0, 0.05) is 5.69 Å². The zero-order chi connectivity index (χ0) is 18.6. The van der Waals surface area contributed by atoms with Crippen LogP contribution in [0.3, 0.4) is 0 Å². The first kappa shape index (κ1) is 17.9. The molecule has 0 fully saturated rings. The summed E-state index contributed by atoms with van der Waals surface area (Å²) in [4.78, 5) is 4.49. The van der Waals surface area contributed by atoms with Gasteiger partial charge in [-0.1, -0.05) is 36.8 Å². The zero-order valence-corrected chi connectivity index (χ0v) is 15.5. The molecule has 0 spiro atoms. The second-order valence-electron chi connectivity index (χ2n) is 6.03. The second kappa shape index (κ2) is 7.58. The van der Waals surface area contributed by atoms with Crippen LogP contribution in [0.15, 0.2) is 71.8 Å². The summed E-state index contributed by atoms with van der Waals surface area (Å²) in [6.07, 6.45) is 2.49. The van der Waals surface area contributed by atoms with E-state index in [9.17, 15) is 8.42 Å². The van der Waals surface area contributed by atoms with Crippen molar-refractivity contribution in [2.45, 2.75) is 25.2 Å². The van der Waals surface area contributed by atoms with E-state index in [1.165, 1.54) is 11.8 Å². The fourth-order valence-electron chi connectivity index (χ4n) is 2.43. The SMILES string of the molecule is CCc1ccc(Nc2ccc(NS(=O)(=O)c3ccc(C)cc3)cn2)cc1. The molecule has 26 heavy (non-hydrogen) atoms. The molecule has 1 heterocycles. The smallest absolute Gasteiger partial charge is 0.261 e. The van der Waals surface area contributed by atoms with Crippen molar-refractivity contribution in [2.75, 3.05) is 10.0 Å². The van der Waals surface area contributed by atoms with Crippen LogP contribution in [0.2, 0.25) is 0 Å². The van der Waals surface area contributed by atoms with Crippen molar-refractivity contribution < 1.29 is 8.42 Å². The van der Waals surface area contributed by atoms with Crippen molar-refractivity contribution in [2.24, 2.45) is 0 Å². The van der Waals surface area contributed by atoms with E-state index >= 15 is 0 Å². The van der Waals surface area contributed by atoms with E-state index in [0.717, 1.165) is 17.7 Å². The quantitative estimate of drug-likeness (QED) is 0.673. The summed E-state index contributed by atoms with van der Waals surface area (Å²) in [5, 5.41) is 3.19. The summed E-state index contributed by atoms with van der Waals surface area (Å²) in [6, 6.07) is 18.2. The molecule has 0 amide bonds. The Bertz CT molecular complexity index is 965. The van der Waals surface area contributed by atoms with Gasteiger partial charge in [-0.15, -0.1) is 0 Å². The van der Waals surface area contributed by atoms with Crippen LogP contribution in [0.25, 0.3) is 0 Å². The van der Waals surface area contributed by atoms with Crippen molar-refractivity contribution in [1.29, 1.82) is 0 Å². The van der Waals surface area contributed by atoms with Gasteiger partial charge in [0.15, 0.2) is 0 Å². The topological polar surface area (TPSA) is 71.1 Å². The Kier molecular flexibility index (Phi) is 5.23. The van der Waals surface area contributed by atoms with Gasteiger partial charge >= 0.3 is 0 Å². The van der Waals surface area contributed by atoms with Crippen LogP contribution in [0, 0.1) is 6.92 Å². The average molecular weight is 367 g/mol. The van der Waals surface area contributed by atoms with E-state index in [4.69, 9.17) is 0 Å². The van der Waals surface area contributed by atoms with Crippen molar-refractivity contribution in [1.82, 2.24) is 4.98 Å². The first-order valence-corrected chi connectivity index (χ1v) is 9.86. The Morgan fingerprint density at radius 3 is 2.12 bits per heavy atom. The van der Waals surface area contributed by atoms with Crippen LogP contribution in [-0.4, -0.2) is 13.4 Å². The molecule has 0 aliphatic rings. The molecule has 0 saturated heterocycles. The molecule has 5 nitrogen and oxygen atoms in total. The maximum atomic E-state index is 12.4. The summed E-state index contributed by atoms with van der Waals surface area (Å²) in [5.74, 6) is 0.646. The van der Waals surface area contributed by atoms with Crippen molar-refractivity contribution in [3.63, 3.8) is 0 Å². The Hall–Kier alpha value is -2.86. The van der Waals surface area contributed by atoms with Gasteiger partial charge in [-0.25, -0.2) is 13.4 Å². The Morgan fingerprint density at radius 2 is 1.54 bits per heavy atom. The average Bonchev–Trinajstić information content (AvgIpc) is 2.64. The number of aromatic nitrogens is 1. The molecule has 3 rings (SSSR count). The number of hydrogen-bond acceptors (Lipinski definition) is 4. The van der Waals surface area contributed by atoms with Gasteiger partial charge in [-0.2, -0.15) is 0 Å². The molecule has 2 aromatic carbocycles. The van der Waals surface area contributed by atoms with Crippen LogP contribution in [0.5, 0.6) is 0 Å². The van der Waals surface area contributed by atoms with E-state index in [2.05, 4.69) is 34.1 Å². The number of sulfonamides is 1. The molecule has 6 heteroatoms. The minimum absolute atomic E-state index is 0.223. The summed E-state index contributed by atoms with van der Waals surface area (Å²) >= 11 is 0. The first-order valence-electron chi connectivity index (χ1n) is 8.38. The highest BCUT2D eigenvalue weighted by molar-refractivity contribution is 7.92. The van der Waals surface area contributed by atoms with Crippen molar-refractivity contribution in [3.8, 4) is 0 Å². The van der Waals surface area contributed by atoms with E-state index in [-0.39, 0.29) is 4.90 Å². The summed E-state index contributed by atoms with van der Waals surface area (Å²) in [7, 11) is -3.62. The van der Waals surface area contributed by atoms with Crippen LogP contribution in [0.4, 0.5) is 17.2 Å². The predicted octanol–water partition coefficient (Wildman–Crippen LogP) is 4.50. The highest BCUT2D eigenvalue weighted by Gasteiger charge is 2.13. The number of hydrogen-bond donors (Lipinski definition) is 2. The minimum atomic E-state index is -3.62. The van der Waals surface area contributed by atoms with E-state index in [1.807, 2.05) is 19.1 Å². The lowest BCUT2D eigenvalue weighted by Gasteiger charge is -2.10. The molecule has 134 valence electrons. The maximum absolute atomic E-state index is 12.4. The molecule has 0 atom stereocenters. The number of pyridine rings is 1. The van der Waals surface area contributed by atoms with Gasteiger partial charge in [-0.05, 0) is 55.3 Å². The molecule has 0 unspecified atom stereocenters. The lowest BCUT2D eigenvalue weighted by atomic mass is 10.1. The summed E-state index contributed by atoms with van der Waals surface area (Å²) in [6.45, 7) is 4.02. The first-order chi connectivity index (χ1) is 12.5. The van der Waals surface area contributed by atoms with Crippen LogP contribution in [-0.2, 0) is 16.4 Å². The molecule has 0 saturated carbocycles. The second-order valence-corrected chi connectivity index (χ2v) is 7.71. The highest BCUT2D eigenvalue weighted by atomic mass is 32.2. The van der Waals surface area contributed by atoms with Gasteiger partial charge in [0.05, 0.1) is 16.8 Å². The number of benzene rings is 2. The minimum Gasteiger partial charge on any atom is -0.340 e. The number of nitrogens with one attached hydrogen (secondary N) is 2. The van der Waals surface area contributed by atoms with E-state index in [0.29, 0.717) is 11.5 Å². The van der Waals surface area contributed by atoms with Crippen LogP contribution < -0.4 is 10.0 Å². The molecule has 0 aliphatic heterocycles. The molecule has 1 aromatic heterocycles. The Balaban J connectivity index is 1.69. The van der Waals surface area contributed by atoms with Gasteiger partial charge in [0.25, 0.3) is 10.0 Å². The Labute approximate surface area is 154 Å². The zero-order valence-electron chi connectivity index (χ0n) is 14.7. The van der Waals surface area contributed by atoms with Gasteiger partial charge < -0.3 is 5.32 Å². The monoisotopic (exact) mass is 367 g/mol. The molecule has 0 bridgehead atoms. The Morgan fingerprint density at radius 1 is 0.885 bits per heavy atom. The standard InChI is InChI=1S/C20H21N3O2S/c1-3-16-6-8-17(9-7-16)22-20-13-10-18(14-21-20)23-26(24,25)19-11-4-15(2)5-12-19/h4-14,23H,3H2,1-2H3,(H,21,22). The number of nitrogens with zero attached hydrogens (tertiary/aromatic N) is 1. The van der Waals surface area contributed by atoms with Crippen molar-refractivity contribution >= 4 is 27.2 Å². The third-order valence-corrected chi connectivity index (χ3v) is 5.38. The van der Waals surface area contributed by atoms with E-state index in [1.54, 1.807) is 36.4 Å². The normalized spacial score (nSPS) is 11.2. The van der Waals surface area contributed by atoms with E-state index < -0.39 is 10.0 Å². The lowest BCUT2D eigenvalue weighted by Crippen LogP contribution is -2.13. The number of anilines is 3. The largest absolute Gasteiger partial charge is 0.340 e. The van der Waals surface area contributed by atoms with Crippen molar-refractivity contribution in [3.05, 3.63) is 78.0 Å². The number of rotatable bonds is 6. The molecule has 0 aliphatic carbocycles. The molecule has 0 radical (unpaired) electrons. The van der Waals surface area contributed by atoms with Gasteiger partial charge in [0.1, 0.15) is 5.82 Å². The van der Waals surface area contributed by atoms with Crippen LogP contribution >= 0.6 is 0 Å². The summed E-state index contributed by atoms with van der Waals surface area (Å²) in [5.41, 5.74) is 3.62. The molecule has 2 N–H and O–H groups in total. The lowest BCUT2D eigenvalue weighted by molar-refractivity contribution is 0.601. The fourth-order valence-corrected chi connectivity index (χ4v) is 3.47. The van der Waals surface area contributed by atoms with Crippen LogP contribution in [0.1, 0.15) is 18.1 Å². The molecular formula is C20H21N3O2S. The highest BCUT2D eigenvalue weighted by Crippen LogP contribution is 2.19. The molecule has 3 aromatic rings. The third-order valence-electron chi connectivity index (χ3n) is 3.98. The third kappa shape index (κ3) is 4.40. The molecular weight excluding hydrogens is 346 g/mol. The fraction of sp³-hybridized carbons (Fsp3) is 0.150. The van der Waals surface area contributed by atoms with Gasteiger partial charge in [0.2, 0.25) is 0 Å². The maximum Gasteiger partial charge on any atom is 0.261 e. The summed E-state index contributed by atoms with van der Waals surface area (Å²) < 4.78 is 27.3. The number of aryl methyl sites for hydroxylation is 2. The predicted molar refractivity (Wildman–Crippen MR) is 105 cm³/mol. The van der Waals surface area contributed by atoms with Gasteiger partial charge in [-0.3, -0.25) is 4.72 Å².